The first-order valence-electron chi connectivity index (χ1n) is 12.5. The van der Waals surface area contributed by atoms with E-state index in [0.717, 1.165) is 49.2 Å². The molecule has 6 nitrogen and oxygen atoms in total. The number of sulfonamides is 1. The van der Waals surface area contributed by atoms with Crippen molar-refractivity contribution in [2.45, 2.75) is 29.7 Å². The molecule has 0 bridgehead atoms. The zero-order valence-corrected chi connectivity index (χ0v) is 21.9. The molecule has 37 heavy (non-hydrogen) atoms. The highest BCUT2D eigenvalue weighted by atomic mass is 35.5. The van der Waals surface area contributed by atoms with Crippen LogP contribution >= 0.6 is 11.6 Å². The summed E-state index contributed by atoms with van der Waals surface area (Å²) < 4.78 is 44.1. The van der Waals surface area contributed by atoms with E-state index in [2.05, 4.69) is 9.62 Å². The van der Waals surface area contributed by atoms with Crippen LogP contribution < -0.4 is 4.72 Å². The van der Waals surface area contributed by atoms with Crippen LogP contribution in [0.1, 0.15) is 40.2 Å². The van der Waals surface area contributed by atoms with Crippen LogP contribution in [-0.4, -0.2) is 62.9 Å². The molecule has 2 aliphatic rings. The summed E-state index contributed by atoms with van der Waals surface area (Å²) in [4.78, 5) is 16.8. The van der Waals surface area contributed by atoms with Gasteiger partial charge in [0.25, 0.3) is 5.91 Å². The molecule has 1 atom stereocenters. The molecule has 0 saturated carbocycles. The molecule has 5 rings (SSSR count). The van der Waals surface area contributed by atoms with Crippen molar-refractivity contribution in [2.75, 3.05) is 32.7 Å². The molecule has 0 unspecified atom stereocenters. The van der Waals surface area contributed by atoms with Gasteiger partial charge in [-0.25, -0.2) is 17.5 Å². The van der Waals surface area contributed by atoms with Crippen LogP contribution in [0.2, 0.25) is 5.02 Å². The number of benzene rings is 3. The molecule has 1 N–H and O–H groups in total. The quantitative estimate of drug-likeness (QED) is 0.478. The lowest BCUT2D eigenvalue weighted by atomic mass is 9.92. The molecule has 0 radical (unpaired) electrons. The molecule has 2 saturated heterocycles. The number of amides is 1. The van der Waals surface area contributed by atoms with Gasteiger partial charge in [-0.3, -0.25) is 9.69 Å². The monoisotopic (exact) mass is 541 g/mol. The fourth-order valence-electron chi connectivity index (χ4n) is 5.31. The molecule has 3 aromatic carbocycles. The van der Waals surface area contributed by atoms with Gasteiger partial charge in [-0.05, 0) is 42.6 Å². The lowest BCUT2D eigenvalue weighted by Crippen LogP contribution is -2.52. The van der Waals surface area contributed by atoms with Crippen LogP contribution in [-0.2, 0) is 10.0 Å². The third-order valence-electron chi connectivity index (χ3n) is 7.30. The number of carbonyl (C=O) groups excluding carboxylic acids is 1. The lowest BCUT2D eigenvalue weighted by Gasteiger charge is -2.37. The van der Waals surface area contributed by atoms with Crippen molar-refractivity contribution in [3.8, 4) is 0 Å². The van der Waals surface area contributed by atoms with E-state index >= 15 is 0 Å². The highest BCUT2D eigenvalue weighted by molar-refractivity contribution is 7.89. The first-order chi connectivity index (χ1) is 17.8. The molecule has 2 heterocycles. The predicted molar refractivity (Wildman–Crippen MR) is 142 cm³/mol. The molecule has 0 aromatic heterocycles. The Balaban J connectivity index is 1.39. The predicted octanol–water partition coefficient (Wildman–Crippen LogP) is 4.51. The number of hydrogen-bond donors (Lipinski definition) is 1. The summed E-state index contributed by atoms with van der Waals surface area (Å²) in [5.41, 5.74) is 1.85. The van der Waals surface area contributed by atoms with Crippen LogP contribution in [0.15, 0.2) is 77.7 Å². The van der Waals surface area contributed by atoms with Crippen molar-refractivity contribution in [1.82, 2.24) is 14.5 Å². The number of nitrogens with one attached hydrogen (secondary N) is 1. The van der Waals surface area contributed by atoms with Crippen LogP contribution in [0.5, 0.6) is 0 Å². The summed E-state index contributed by atoms with van der Waals surface area (Å²) in [7, 11) is -4.28. The van der Waals surface area contributed by atoms with E-state index in [-0.39, 0.29) is 29.0 Å². The van der Waals surface area contributed by atoms with E-state index in [1.165, 1.54) is 0 Å². The van der Waals surface area contributed by atoms with Gasteiger partial charge in [0.15, 0.2) is 0 Å². The van der Waals surface area contributed by atoms with E-state index in [9.17, 15) is 17.6 Å². The van der Waals surface area contributed by atoms with Gasteiger partial charge >= 0.3 is 0 Å². The summed E-state index contributed by atoms with van der Waals surface area (Å²) in [5.74, 6) is -1.65. The fourth-order valence-corrected chi connectivity index (χ4v) is 6.68. The van der Waals surface area contributed by atoms with Gasteiger partial charge in [0, 0.05) is 38.1 Å². The fraction of sp³-hybridized carbons (Fsp3) is 0.321. The van der Waals surface area contributed by atoms with Crippen LogP contribution in [0.4, 0.5) is 4.39 Å². The maximum absolute atomic E-state index is 14.9. The lowest BCUT2D eigenvalue weighted by molar-refractivity contribution is 0.0571. The zero-order chi connectivity index (χ0) is 26.0. The standard InChI is InChI=1S/C28H29ClFN3O3S/c29-25-17-26(30)27(16-23(25)28(34)33-15-14-32-13-7-12-22(32)19-33)37(35,36)31-18-24(20-8-3-1-4-9-20)21-10-5-2-6-11-21/h1-6,8-11,16-17,22,24,31H,7,12-15,18-19H2/t22-/m1/s1. The maximum atomic E-state index is 14.9. The smallest absolute Gasteiger partial charge is 0.255 e. The van der Waals surface area contributed by atoms with Crippen LogP contribution in [0.25, 0.3) is 0 Å². The van der Waals surface area contributed by atoms with Crippen molar-refractivity contribution >= 4 is 27.5 Å². The highest BCUT2D eigenvalue weighted by Gasteiger charge is 2.34. The molecule has 2 aliphatic heterocycles. The van der Waals surface area contributed by atoms with Gasteiger partial charge in [0.1, 0.15) is 10.7 Å². The average molecular weight is 542 g/mol. The molecule has 3 aromatic rings. The minimum Gasteiger partial charge on any atom is -0.336 e. The number of rotatable bonds is 7. The van der Waals surface area contributed by atoms with E-state index in [1.807, 2.05) is 60.7 Å². The van der Waals surface area contributed by atoms with Crippen molar-refractivity contribution < 1.29 is 17.6 Å². The van der Waals surface area contributed by atoms with E-state index < -0.39 is 20.7 Å². The van der Waals surface area contributed by atoms with Crippen molar-refractivity contribution in [3.63, 3.8) is 0 Å². The molecular weight excluding hydrogens is 513 g/mol. The third kappa shape index (κ3) is 5.57. The second kappa shape index (κ2) is 10.9. The van der Waals surface area contributed by atoms with E-state index in [1.54, 1.807) is 4.90 Å². The molecular formula is C28H29ClFN3O3S. The Morgan fingerprint density at radius 3 is 2.30 bits per heavy atom. The van der Waals surface area contributed by atoms with Gasteiger partial charge < -0.3 is 4.90 Å². The summed E-state index contributed by atoms with van der Waals surface area (Å²) in [5, 5.41) is -0.0956. The Hall–Kier alpha value is -2.78. The Labute approximate surface area is 222 Å². The van der Waals surface area contributed by atoms with Crippen molar-refractivity contribution in [2.24, 2.45) is 0 Å². The summed E-state index contributed by atoms with van der Waals surface area (Å²) in [6, 6.07) is 21.3. The Morgan fingerprint density at radius 2 is 1.65 bits per heavy atom. The van der Waals surface area contributed by atoms with Gasteiger partial charge in [-0.15, -0.1) is 0 Å². The largest absolute Gasteiger partial charge is 0.336 e. The molecule has 9 heteroatoms. The van der Waals surface area contributed by atoms with Crippen LogP contribution in [0, 0.1) is 5.82 Å². The van der Waals surface area contributed by atoms with Gasteiger partial charge in [-0.2, -0.15) is 0 Å². The number of hydrogen-bond acceptors (Lipinski definition) is 4. The Morgan fingerprint density at radius 1 is 1.00 bits per heavy atom. The second-order valence-electron chi connectivity index (χ2n) is 9.57. The zero-order valence-electron chi connectivity index (χ0n) is 20.3. The molecule has 194 valence electrons. The average Bonchev–Trinajstić information content (AvgIpc) is 3.38. The number of carbonyl (C=O) groups is 1. The van der Waals surface area contributed by atoms with E-state index in [0.29, 0.717) is 19.1 Å². The van der Waals surface area contributed by atoms with Gasteiger partial charge in [0.2, 0.25) is 10.0 Å². The number of piperazine rings is 1. The van der Waals surface area contributed by atoms with Crippen LogP contribution in [0.3, 0.4) is 0 Å². The first-order valence-corrected chi connectivity index (χ1v) is 14.3. The minimum absolute atomic E-state index is 0.00226. The van der Waals surface area contributed by atoms with Crippen molar-refractivity contribution in [1.29, 1.82) is 0 Å². The normalized spacial score (nSPS) is 18.2. The minimum atomic E-state index is -4.28. The number of fused-ring (bicyclic) bond motifs is 1. The van der Waals surface area contributed by atoms with E-state index in [4.69, 9.17) is 11.6 Å². The topological polar surface area (TPSA) is 69.7 Å². The SMILES string of the molecule is O=C(c1cc(S(=O)(=O)NCC(c2ccccc2)c2ccccc2)c(F)cc1Cl)N1CCN2CCC[C@@H]2C1. The molecule has 0 aliphatic carbocycles. The Bertz CT molecular complexity index is 1330. The van der Waals surface area contributed by atoms with Gasteiger partial charge in [-0.1, -0.05) is 72.3 Å². The first kappa shape index (κ1) is 25.9. The Kier molecular flexibility index (Phi) is 7.62. The maximum Gasteiger partial charge on any atom is 0.255 e. The molecule has 0 spiro atoms. The van der Waals surface area contributed by atoms with Gasteiger partial charge in [0.05, 0.1) is 10.6 Å². The summed E-state index contributed by atoms with van der Waals surface area (Å²) >= 11 is 6.25. The van der Waals surface area contributed by atoms with Crippen molar-refractivity contribution in [3.05, 3.63) is 100 Å². The molecule has 2 fully saturated rings. The summed E-state index contributed by atoms with van der Waals surface area (Å²) in [6.45, 7) is 2.90. The summed E-state index contributed by atoms with van der Waals surface area (Å²) in [6.07, 6.45) is 2.12. The third-order valence-corrected chi connectivity index (χ3v) is 9.05. The second-order valence-corrected chi connectivity index (χ2v) is 11.7. The number of nitrogens with zero attached hydrogens (tertiary/aromatic N) is 2. The molecule has 1 amide bonds. The number of halogens is 2. The highest BCUT2D eigenvalue weighted by Crippen LogP contribution is 2.29.